The zero-order chi connectivity index (χ0) is 21.2. The number of hydrogen-bond donors (Lipinski definition) is 0. The maximum atomic E-state index is 6.06. The number of unbranched alkanes of at least 4 members (excludes halogenated alkanes) is 2. The van der Waals surface area contributed by atoms with Gasteiger partial charge in [0, 0.05) is 0 Å². The van der Waals surface area contributed by atoms with Crippen molar-refractivity contribution in [2.75, 3.05) is 6.61 Å². The third-order valence-electron chi connectivity index (χ3n) is 8.04. The van der Waals surface area contributed by atoms with Crippen LogP contribution in [0.1, 0.15) is 140 Å². The Labute approximate surface area is 187 Å². The minimum atomic E-state index is 0.765. The van der Waals surface area contributed by atoms with Gasteiger partial charge in [0.1, 0.15) is 5.75 Å². The smallest absolute Gasteiger partial charge is 0.119 e. The lowest BCUT2D eigenvalue weighted by atomic mass is 9.71. The first-order chi connectivity index (χ1) is 14.7. The summed E-state index contributed by atoms with van der Waals surface area (Å²) in [5.74, 6) is 4.64. The molecule has 1 aromatic carbocycles. The second kappa shape index (κ2) is 12.8. The summed E-state index contributed by atoms with van der Waals surface area (Å²) < 4.78 is 6.06. The predicted octanol–water partition coefficient (Wildman–Crippen LogP) is 9.40. The fourth-order valence-corrected chi connectivity index (χ4v) is 6.10. The van der Waals surface area contributed by atoms with E-state index in [1.54, 1.807) is 11.1 Å². The Bertz CT molecular complexity index is 590. The fourth-order valence-electron chi connectivity index (χ4n) is 6.10. The van der Waals surface area contributed by atoms with E-state index in [0.29, 0.717) is 0 Å². The Balaban J connectivity index is 1.68. The Morgan fingerprint density at radius 2 is 1.20 bits per heavy atom. The molecule has 0 spiro atoms. The average Bonchev–Trinajstić information content (AvgIpc) is 2.80. The second-order valence-electron chi connectivity index (χ2n) is 10.4. The molecule has 2 aliphatic rings. The summed E-state index contributed by atoms with van der Waals surface area (Å²) in [6.07, 6.45) is 20.9. The normalized spacial score (nSPS) is 27.2. The highest BCUT2D eigenvalue weighted by Gasteiger charge is 2.28. The number of hydrogen-bond acceptors (Lipinski definition) is 1. The van der Waals surface area contributed by atoms with Crippen molar-refractivity contribution in [1.29, 1.82) is 0 Å². The van der Waals surface area contributed by atoms with Gasteiger partial charge in [0.2, 0.25) is 0 Å². The lowest BCUT2D eigenvalue weighted by molar-refractivity contribution is 0.290. The zero-order valence-electron chi connectivity index (χ0n) is 20.3. The van der Waals surface area contributed by atoms with Gasteiger partial charge in [0.25, 0.3) is 0 Å². The first-order valence-electron chi connectivity index (χ1n) is 13.5. The minimum absolute atomic E-state index is 0.765. The quantitative estimate of drug-likeness (QED) is 0.351. The highest BCUT2D eigenvalue weighted by Crippen LogP contribution is 2.45. The van der Waals surface area contributed by atoms with Gasteiger partial charge in [-0.15, -0.1) is 0 Å². The van der Waals surface area contributed by atoms with Crippen LogP contribution in [0.25, 0.3) is 0 Å². The SMILES string of the molecule is CCCCC1CCC(c2ccc(OCCC)cc2C2CCC(CCCC)CC2)CC1. The third-order valence-corrected chi connectivity index (χ3v) is 8.04. The maximum absolute atomic E-state index is 6.06. The van der Waals surface area contributed by atoms with Crippen LogP contribution < -0.4 is 4.74 Å². The van der Waals surface area contributed by atoms with Crippen molar-refractivity contribution in [3.63, 3.8) is 0 Å². The van der Waals surface area contributed by atoms with Gasteiger partial charge in [-0.3, -0.25) is 0 Å². The number of rotatable bonds is 11. The van der Waals surface area contributed by atoms with Crippen LogP contribution in [0.4, 0.5) is 0 Å². The molecule has 0 radical (unpaired) electrons. The Hall–Kier alpha value is -0.980. The van der Waals surface area contributed by atoms with Gasteiger partial charge in [0.15, 0.2) is 0 Å². The van der Waals surface area contributed by atoms with Gasteiger partial charge in [0.05, 0.1) is 6.61 Å². The molecular weight excluding hydrogens is 364 g/mol. The Kier molecular flexibility index (Phi) is 10.1. The Morgan fingerprint density at radius 1 is 0.667 bits per heavy atom. The summed E-state index contributed by atoms with van der Waals surface area (Å²) in [5.41, 5.74) is 3.35. The van der Waals surface area contributed by atoms with Crippen molar-refractivity contribution in [2.24, 2.45) is 11.8 Å². The molecule has 1 nitrogen and oxygen atoms in total. The van der Waals surface area contributed by atoms with Crippen LogP contribution in [0.2, 0.25) is 0 Å². The number of ether oxygens (including phenoxy) is 1. The van der Waals surface area contributed by atoms with Gasteiger partial charge < -0.3 is 4.74 Å². The largest absolute Gasteiger partial charge is 0.494 e. The van der Waals surface area contributed by atoms with E-state index in [4.69, 9.17) is 4.74 Å². The summed E-state index contributed by atoms with van der Waals surface area (Å²) in [4.78, 5) is 0. The van der Waals surface area contributed by atoms with E-state index < -0.39 is 0 Å². The average molecular weight is 413 g/mol. The van der Waals surface area contributed by atoms with E-state index in [1.165, 1.54) is 89.9 Å². The minimum Gasteiger partial charge on any atom is -0.494 e. The van der Waals surface area contributed by atoms with Gasteiger partial charge >= 0.3 is 0 Å². The molecule has 1 aromatic rings. The molecule has 0 saturated heterocycles. The topological polar surface area (TPSA) is 9.23 Å². The van der Waals surface area contributed by atoms with Crippen molar-refractivity contribution in [3.8, 4) is 5.75 Å². The van der Waals surface area contributed by atoms with E-state index >= 15 is 0 Å². The van der Waals surface area contributed by atoms with Crippen LogP contribution in [0.3, 0.4) is 0 Å². The number of benzene rings is 1. The van der Waals surface area contributed by atoms with Gasteiger partial charge in [-0.05, 0) is 105 Å². The summed E-state index contributed by atoms with van der Waals surface area (Å²) in [7, 11) is 0. The van der Waals surface area contributed by atoms with E-state index in [-0.39, 0.29) is 0 Å². The van der Waals surface area contributed by atoms with Gasteiger partial charge in [-0.2, -0.15) is 0 Å². The molecule has 2 saturated carbocycles. The fraction of sp³-hybridized carbons (Fsp3) is 0.793. The molecule has 30 heavy (non-hydrogen) atoms. The van der Waals surface area contributed by atoms with Gasteiger partial charge in [-0.1, -0.05) is 65.4 Å². The van der Waals surface area contributed by atoms with Gasteiger partial charge in [-0.25, -0.2) is 0 Å². The Morgan fingerprint density at radius 3 is 1.70 bits per heavy atom. The zero-order valence-corrected chi connectivity index (χ0v) is 20.3. The van der Waals surface area contributed by atoms with Crippen LogP contribution in [0.15, 0.2) is 18.2 Å². The van der Waals surface area contributed by atoms with E-state index in [0.717, 1.165) is 42.4 Å². The van der Waals surface area contributed by atoms with Crippen molar-refractivity contribution in [1.82, 2.24) is 0 Å². The van der Waals surface area contributed by atoms with E-state index in [9.17, 15) is 0 Å². The highest BCUT2D eigenvalue weighted by atomic mass is 16.5. The summed E-state index contributed by atoms with van der Waals surface area (Å²) >= 11 is 0. The summed E-state index contributed by atoms with van der Waals surface area (Å²) in [6.45, 7) is 7.70. The van der Waals surface area contributed by atoms with Crippen LogP contribution >= 0.6 is 0 Å². The molecule has 2 aliphatic carbocycles. The molecular formula is C29H48O. The molecule has 3 rings (SSSR count). The third kappa shape index (κ3) is 6.76. The van der Waals surface area contributed by atoms with Crippen LogP contribution in [0.5, 0.6) is 5.75 Å². The molecule has 1 heteroatoms. The molecule has 0 atom stereocenters. The van der Waals surface area contributed by atoms with E-state index in [2.05, 4.69) is 39.0 Å². The van der Waals surface area contributed by atoms with Crippen molar-refractivity contribution in [2.45, 2.75) is 129 Å². The summed E-state index contributed by atoms with van der Waals surface area (Å²) in [6, 6.07) is 7.18. The lowest BCUT2D eigenvalue weighted by Gasteiger charge is -2.34. The van der Waals surface area contributed by atoms with Crippen molar-refractivity contribution < 1.29 is 4.74 Å². The standard InChI is InChI=1S/C29H48O/c1-4-7-9-23-11-15-25(16-12-23)28-20-19-27(30-21-6-3)22-29(28)26-17-13-24(14-18-26)10-8-5-2/h19-20,22-26H,4-18,21H2,1-3H3. The first-order valence-corrected chi connectivity index (χ1v) is 13.5. The summed E-state index contributed by atoms with van der Waals surface area (Å²) in [5, 5.41) is 0. The predicted molar refractivity (Wildman–Crippen MR) is 131 cm³/mol. The lowest BCUT2D eigenvalue weighted by Crippen LogP contribution is -2.18. The molecule has 170 valence electrons. The maximum Gasteiger partial charge on any atom is 0.119 e. The monoisotopic (exact) mass is 412 g/mol. The molecule has 0 bridgehead atoms. The van der Waals surface area contributed by atoms with Crippen molar-refractivity contribution in [3.05, 3.63) is 29.3 Å². The van der Waals surface area contributed by atoms with Crippen LogP contribution in [0, 0.1) is 11.8 Å². The highest BCUT2D eigenvalue weighted by molar-refractivity contribution is 5.40. The molecule has 0 aromatic heterocycles. The van der Waals surface area contributed by atoms with Crippen LogP contribution in [-0.4, -0.2) is 6.61 Å². The first kappa shape index (κ1) is 23.7. The molecule has 0 aliphatic heterocycles. The van der Waals surface area contributed by atoms with E-state index in [1.807, 2.05) is 0 Å². The van der Waals surface area contributed by atoms with Crippen molar-refractivity contribution >= 4 is 0 Å². The molecule has 0 unspecified atom stereocenters. The molecule has 0 N–H and O–H groups in total. The molecule has 0 heterocycles. The van der Waals surface area contributed by atoms with Crippen LogP contribution in [-0.2, 0) is 0 Å². The molecule has 2 fully saturated rings. The second-order valence-corrected chi connectivity index (χ2v) is 10.4. The molecule has 0 amide bonds.